The molecule has 3 aromatic rings. The minimum atomic E-state index is -1.29. The highest BCUT2D eigenvalue weighted by molar-refractivity contribution is 5.82. The Bertz CT molecular complexity index is 1070. The quantitative estimate of drug-likeness (QED) is 0.423. The van der Waals surface area contributed by atoms with Crippen LogP contribution in [0.3, 0.4) is 0 Å². The van der Waals surface area contributed by atoms with Gasteiger partial charge in [-0.25, -0.2) is 14.8 Å². The SMILES string of the molecule is Cc1cc(-c2ccc3ncn(C)c3c2)ccc1[C@@H](O)[C@H]1OOC1[C@@H](O)[C@H](O)C(C)CO. The lowest BCUT2D eigenvalue weighted by Crippen LogP contribution is -2.58. The van der Waals surface area contributed by atoms with Crippen LogP contribution >= 0.6 is 0 Å². The lowest BCUT2D eigenvalue weighted by molar-refractivity contribution is -0.493. The van der Waals surface area contributed by atoms with Crippen LogP contribution in [0, 0.1) is 12.8 Å². The molecule has 166 valence electrons. The Morgan fingerprint density at radius 3 is 2.35 bits per heavy atom. The second-order valence-electron chi connectivity index (χ2n) is 8.34. The first-order valence-electron chi connectivity index (χ1n) is 10.3. The third kappa shape index (κ3) is 3.98. The Morgan fingerprint density at radius 1 is 1.03 bits per heavy atom. The minimum Gasteiger partial charge on any atom is -0.396 e. The molecular formula is C23H28N2O6. The third-order valence-electron chi connectivity index (χ3n) is 6.12. The first-order chi connectivity index (χ1) is 14.8. The zero-order valence-corrected chi connectivity index (χ0v) is 17.7. The van der Waals surface area contributed by atoms with Gasteiger partial charge in [0.25, 0.3) is 0 Å². The van der Waals surface area contributed by atoms with E-state index in [4.69, 9.17) is 9.78 Å². The van der Waals surface area contributed by atoms with Crippen molar-refractivity contribution in [3.05, 3.63) is 53.9 Å². The highest BCUT2D eigenvalue weighted by Gasteiger charge is 2.48. The topological polar surface area (TPSA) is 117 Å². The minimum absolute atomic E-state index is 0.274. The highest BCUT2D eigenvalue weighted by atomic mass is 17.3. The number of hydrogen-bond acceptors (Lipinski definition) is 7. The molecule has 4 N–H and O–H groups in total. The number of imidazole rings is 1. The smallest absolute Gasteiger partial charge is 0.155 e. The van der Waals surface area contributed by atoms with Crippen molar-refractivity contribution in [2.75, 3.05) is 6.61 Å². The fraction of sp³-hybridized carbons (Fsp3) is 0.435. The molecule has 8 nitrogen and oxygen atoms in total. The van der Waals surface area contributed by atoms with Crippen molar-refractivity contribution in [1.82, 2.24) is 9.55 Å². The van der Waals surface area contributed by atoms with Gasteiger partial charge in [0.2, 0.25) is 0 Å². The van der Waals surface area contributed by atoms with Crippen molar-refractivity contribution < 1.29 is 30.2 Å². The van der Waals surface area contributed by atoms with E-state index in [9.17, 15) is 20.4 Å². The second-order valence-corrected chi connectivity index (χ2v) is 8.34. The number of aliphatic hydroxyl groups is 4. The van der Waals surface area contributed by atoms with Gasteiger partial charge in [0.1, 0.15) is 12.2 Å². The summed E-state index contributed by atoms with van der Waals surface area (Å²) < 4.78 is 1.97. The van der Waals surface area contributed by atoms with Crippen LogP contribution in [-0.2, 0) is 16.8 Å². The van der Waals surface area contributed by atoms with Gasteiger partial charge < -0.3 is 25.0 Å². The molecule has 0 bridgehead atoms. The summed E-state index contributed by atoms with van der Waals surface area (Å²) in [4.78, 5) is 14.4. The predicted octanol–water partition coefficient (Wildman–Crippen LogP) is 1.63. The summed E-state index contributed by atoms with van der Waals surface area (Å²) in [5, 5.41) is 40.6. The maximum absolute atomic E-state index is 10.9. The Morgan fingerprint density at radius 2 is 1.71 bits per heavy atom. The van der Waals surface area contributed by atoms with E-state index >= 15 is 0 Å². The van der Waals surface area contributed by atoms with Gasteiger partial charge in [-0.1, -0.05) is 31.2 Å². The summed E-state index contributed by atoms with van der Waals surface area (Å²) in [6, 6.07) is 11.8. The fourth-order valence-corrected chi connectivity index (χ4v) is 3.98. The zero-order valence-electron chi connectivity index (χ0n) is 17.7. The molecule has 0 saturated carbocycles. The second kappa shape index (κ2) is 8.66. The molecule has 1 aliphatic heterocycles. The average Bonchev–Trinajstić information content (AvgIpc) is 3.11. The molecule has 0 radical (unpaired) electrons. The molecule has 2 aromatic carbocycles. The van der Waals surface area contributed by atoms with Crippen LogP contribution in [0.25, 0.3) is 22.2 Å². The molecule has 1 fully saturated rings. The Balaban J connectivity index is 1.54. The zero-order chi connectivity index (χ0) is 22.3. The lowest BCUT2D eigenvalue weighted by atomic mass is 9.88. The van der Waals surface area contributed by atoms with Crippen LogP contribution < -0.4 is 0 Å². The number of aryl methyl sites for hydroxylation is 2. The maximum Gasteiger partial charge on any atom is 0.155 e. The number of nitrogens with zero attached hydrogens (tertiary/aromatic N) is 2. The molecule has 2 unspecified atom stereocenters. The largest absolute Gasteiger partial charge is 0.396 e. The Labute approximate surface area is 180 Å². The van der Waals surface area contributed by atoms with Gasteiger partial charge in [-0.2, -0.15) is 0 Å². The van der Waals surface area contributed by atoms with Crippen molar-refractivity contribution in [2.45, 2.75) is 44.4 Å². The first-order valence-corrected chi connectivity index (χ1v) is 10.3. The standard InChI is InChI=1S/C23H28N2O6/c1-12-8-14(15-5-7-17-18(9-15)25(3)11-24-17)4-6-16(12)20(28)22-23(31-30-22)21(29)19(27)13(2)10-26/h4-9,11,13,19-23,26-29H,10H2,1-3H3/t13?,19-,20-,21+,22-,23?/m1/s1. The predicted molar refractivity (Wildman–Crippen MR) is 114 cm³/mol. The molecule has 1 aromatic heterocycles. The van der Waals surface area contributed by atoms with E-state index in [-0.39, 0.29) is 6.61 Å². The van der Waals surface area contributed by atoms with Crippen LogP contribution in [-0.4, -0.2) is 61.0 Å². The Hall–Kier alpha value is -2.33. The first kappa shape index (κ1) is 21.9. The molecule has 0 amide bonds. The summed E-state index contributed by atoms with van der Waals surface area (Å²) >= 11 is 0. The van der Waals surface area contributed by atoms with E-state index in [1.165, 1.54) is 0 Å². The molecule has 6 atom stereocenters. The van der Waals surface area contributed by atoms with Crippen molar-refractivity contribution in [3.8, 4) is 11.1 Å². The van der Waals surface area contributed by atoms with Crippen molar-refractivity contribution in [2.24, 2.45) is 13.0 Å². The summed E-state index contributed by atoms with van der Waals surface area (Å²) in [5.41, 5.74) is 5.53. The van der Waals surface area contributed by atoms with Gasteiger partial charge in [0.15, 0.2) is 12.2 Å². The van der Waals surface area contributed by atoms with E-state index in [0.717, 1.165) is 27.7 Å². The monoisotopic (exact) mass is 428 g/mol. The fourth-order valence-electron chi connectivity index (χ4n) is 3.98. The third-order valence-corrected chi connectivity index (χ3v) is 6.12. The van der Waals surface area contributed by atoms with E-state index in [2.05, 4.69) is 11.1 Å². The maximum atomic E-state index is 10.9. The molecule has 2 heterocycles. The van der Waals surface area contributed by atoms with Gasteiger partial charge in [-0.3, -0.25) is 0 Å². The summed E-state index contributed by atoms with van der Waals surface area (Å²) in [7, 11) is 1.95. The lowest BCUT2D eigenvalue weighted by Gasteiger charge is -2.42. The van der Waals surface area contributed by atoms with Crippen LogP contribution in [0.5, 0.6) is 0 Å². The Kier molecular flexibility index (Phi) is 6.11. The molecule has 31 heavy (non-hydrogen) atoms. The number of hydrogen-bond donors (Lipinski definition) is 4. The molecule has 8 heteroatoms. The summed E-state index contributed by atoms with van der Waals surface area (Å²) in [6.07, 6.45) is -3.47. The summed E-state index contributed by atoms with van der Waals surface area (Å²) in [5.74, 6) is -0.533. The van der Waals surface area contributed by atoms with Crippen molar-refractivity contribution >= 4 is 11.0 Å². The van der Waals surface area contributed by atoms with Gasteiger partial charge in [-0.15, -0.1) is 0 Å². The molecule has 1 saturated heterocycles. The van der Waals surface area contributed by atoms with Crippen molar-refractivity contribution in [3.63, 3.8) is 0 Å². The van der Waals surface area contributed by atoms with Gasteiger partial charge >= 0.3 is 0 Å². The van der Waals surface area contributed by atoms with E-state index in [1.54, 1.807) is 13.3 Å². The van der Waals surface area contributed by atoms with E-state index < -0.39 is 36.4 Å². The number of rotatable bonds is 7. The van der Waals surface area contributed by atoms with E-state index in [1.807, 2.05) is 48.9 Å². The van der Waals surface area contributed by atoms with Gasteiger partial charge in [0.05, 0.1) is 23.5 Å². The van der Waals surface area contributed by atoms with Gasteiger partial charge in [0, 0.05) is 19.6 Å². The van der Waals surface area contributed by atoms with Crippen LogP contribution in [0.15, 0.2) is 42.7 Å². The van der Waals surface area contributed by atoms with Crippen molar-refractivity contribution in [1.29, 1.82) is 0 Å². The summed E-state index contributed by atoms with van der Waals surface area (Å²) in [6.45, 7) is 3.24. The number of aliphatic hydroxyl groups excluding tert-OH is 4. The van der Waals surface area contributed by atoms with Gasteiger partial charge in [-0.05, 0) is 41.3 Å². The molecular weight excluding hydrogens is 400 g/mol. The number of fused-ring (bicyclic) bond motifs is 1. The highest BCUT2D eigenvalue weighted by Crippen LogP contribution is 2.36. The molecule has 0 spiro atoms. The average molecular weight is 428 g/mol. The normalized spacial score (nSPS) is 22.7. The molecule has 1 aliphatic rings. The van der Waals surface area contributed by atoms with Crippen LogP contribution in [0.2, 0.25) is 0 Å². The van der Waals surface area contributed by atoms with Crippen LogP contribution in [0.4, 0.5) is 0 Å². The number of benzene rings is 2. The molecule has 4 rings (SSSR count). The van der Waals surface area contributed by atoms with Crippen LogP contribution in [0.1, 0.15) is 24.2 Å². The van der Waals surface area contributed by atoms with E-state index in [0.29, 0.717) is 5.56 Å². The number of aromatic nitrogens is 2. The molecule has 0 aliphatic carbocycles.